The minimum absolute atomic E-state index is 0. The van der Waals surface area contributed by atoms with Crippen LogP contribution in [0.1, 0.15) is 50.5 Å². The van der Waals surface area contributed by atoms with Crippen molar-refractivity contribution >= 4 is 41.7 Å². The van der Waals surface area contributed by atoms with E-state index in [2.05, 4.69) is 74.7 Å². The first-order valence-electron chi connectivity index (χ1n) is 8.94. The van der Waals surface area contributed by atoms with Gasteiger partial charge in [0.15, 0.2) is 5.96 Å². The maximum Gasteiger partial charge on any atom is 0.213 e. The van der Waals surface area contributed by atoms with E-state index in [4.69, 9.17) is 9.41 Å². The van der Waals surface area contributed by atoms with Crippen LogP contribution in [-0.4, -0.2) is 23.7 Å². The summed E-state index contributed by atoms with van der Waals surface area (Å²) in [6.45, 7) is 12.4. The summed E-state index contributed by atoms with van der Waals surface area (Å²) in [5, 5.41) is 6.57. The lowest BCUT2D eigenvalue weighted by Gasteiger charge is -2.13. The van der Waals surface area contributed by atoms with Crippen LogP contribution in [0, 0.1) is 6.92 Å². The summed E-state index contributed by atoms with van der Waals surface area (Å²) in [7, 11) is 0. The number of nitrogens with zero attached hydrogens (tertiary/aromatic N) is 2. The Hall–Kier alpha value is -1.22. The van der Waals surface area contributed by atoms with Gasteiger partial charge in [-0.2, -0.15) is 0 Å². The number of aromatic nitrogens is 1. The highest BCUT2D eigenvalue weighted by molar-refractivity contribution is 14.0. The van der Waals surface area contributed by atoms with Gasteiger partial charge in [-0.05, 0) is 37.3 Å². The van der Waals surface area contributed by atoms with Crippen molar-refractivity contribution in [3.8, 4) is 0 Å². The summed E-state index contributed by atoms with van der Waals surface area (Å²) in [5.41, 5.74) is 2.46. The molecule has 5 nitrogen and oxygen atoms in total. The molecule has 1 aromatic carbocycles. The van der Waals surface area contributed by atoms with Crippen LogP contribution in [-0.2, 0) is 18.5 Å². The quantitative estimate of drug-likeness (QED) is 0.255. The maximum absolute atomic E-state index is 5.83. The molecule has 0 atom stereocenters. The number of halogens is 1. The molecule has 0 bridgehead atoms. The Kier molecular flexibility index (Phi) is 9.66. The van der Waals surface area contributed by atoms with Crippen LogP contribution in [0.5, 0.6) is 0 Å². The van der Waals surface area contributed by atoms with Gasteiger partial charge < -0.3 is 15.1 Å². The van der Waals surface area contributed by atoms with Crippen LogP contribution in [0.2, 0.25) is 0 Å². The summed E-state index contributed by atoms with van der Waals surface area (Å²) in [6, 6.07) is 6.49. The molecule has 0 saturated heterocycles. The van der Waals surface area contributed by atoms with Gasteiger partial charge in [-0.25, -0.2) is 9.98 Å². The fourth-order valence-electron chi connectivity index (χ4n) is 2.39. The number of rotatable bonds is 6. The zero-order chi connectivity index (χ0) is 19.2. The van der Waals surface area contributed by atoms with Gasteiger partial charge in [0.05, 0.1) is 19.3 Å². The second kappa shape index (κ2) is 10.9. The molecule has 0 aliphatic heterocycles. The summed E-state index contributed by atoms with van der Waals surface area (Å²) in [4.78, 5) is 10.3. The van der Waals surface area contributed by atoms with Crippen molar-refractivity contribution in [1.82, 2.24) is 15.6 Å². The minimum atomic E-state index is -0.0382. The first-order valence-corrected chi connectivity index (χ1v) is 10.2. The molecule has 2 N–H and O–H groups in total. The lowest BCUT2D eigenvalue weighted by molar-refractivity contribution is 0.379. The predicted molar refractivity (Wildman–Crippen MR) is 125 cm³/mol. The largest absolute Gasteiger partial charge is 0.443 e. The number of thioether (sulfide) groups is 1. The minimum Gasteiger partial charge on any atom is -0.443 e. The third-order valence-electron chi connectivity index (χ3n) is 3.89. The smallest absolute Gasteiger partial charge is 0.213 e. The number of aryl methyl sites for hydroxylation is 1. The van der Waals surface area contributed by atoms with Crippen molar-refractivity contribution in [1.29, 1.82) is 0 Å². The molecule has 150 valence electrons. The molecule has 0 unspecified atom stereocenters. The SMILES string of the molecule is CCNC(=NCc1ccc(C)cc1SC)NCc1ncc(C(C)(C)C)o1.I. The summed E-state index contributed by atoms with van der Waals surface area (Å²) >= 11 is 1.75. The molecule has 2 rings (SSSR count). The van der Waals surface area contributed by atoms with Crippen molar-refractivity contribution in [3.05, 3.63) is 47.2 Å². The maximum atomic E-state index is 5.83. The highest BCUT2D eigenvalue weighted by Gasteiger charge is 2.19. The van der Waals surface area contributed by atoms with Crippen molar-refractivity contribution in [2.24, 2.45) is 4.99 Å². The number of oxazole rings is 1. The van der Waals surface area contributed by atoms with Gasteiger partial charge in [-0.15, -0.1) is 35.7 Å². The van der Waals surface area contributed by atoms with Gasteiger partial charge in [-0.3, -0.25) is 0 Å². The molecular weight excluding hydrogens is 471 g/mol. The summed E-state index contributed by atoms with van der Waals surface area (Å²) < 4.78 is 5.83. The molecular formula is C20H31IN4OS. The molecule has 7 heteroatoms. The van der Waals surface area contributed by atoms with E-state index >= 15 is 0 Å². The third kappa shape index (κ3) is 7.37. The number of nitrogens with one attached hydrogen (secondary N) is 2. The zero-order valence-corrected chi connectivity index (χ0v) is 20.2. The molecule has 0 fully saturated rings. The van der Waals surface area contributed by atoms with E-state index in [-0.39, 0.29) is 29.4 Å². The van der Waals surface area contributed by atoms with Crippen LogP contribution in [0.4, 0.5) is 0 Å². The second-order valence-corrected chi connectivity index (χ2v) is 8.08. The second-order valence-electron chi connectivity index (χ2n) is 7.23. The van der Waals surface area contributed by atoms with Gasteiger partial charge in [0.1, 0.15) is 5.76 Å². The van der Waals surface area contributed by atoms with Gasteiger partial charge >= 0.3 is 0 Å². The normalized spacial score (nSPS) is 11.9. The fraction of sp³-hybridized carbons (Fsp3) is 0.500. The summed E-state index contributed by atoms with van der Waals surface area (Å²) in [6.07, 6.45) is 3.90. The first-order chi connectivity index (χ1) is 12.3. The van der Waals surface area contributed by atoms with Gasteiger partial charge in [0.25, 0.3) is 0 Å². The molecule has 1 aromatic heterocycles. The van der Waals surface area contributed by atoms with Crippen molar-refractivity contribution in [3.63, 3.8) is 0 Å². The molecule has 2 aromatic rings. The standard InChI is InChI=1S/C20H30N4OS.HI/c1-7-21-19(23-11-15-9-8-14(2)10-16(15)26-6)24-13-18-22-12-17(25-18)20(3,4)5;/h8-10,12H,7,11,13H2,1-6H3,(H2,21,23,24);1H. The predicted octanol–water partition coefficient (Wildman–Crippen LogP) is 4.88. The van der Waals surface area contributed by atoms with E-state index in [1.807, 2.05) is 0 Å². The average Bonchev–Trinajstić information content (AvgIpc) is 3.07. The Morgan fingerprint density at radius 3 is 2.59 bits per heavy atom. The molecule has 0 radical (unpaired) electrons. The highest BCUT2D eigenvalue weighted by atomic mass is 127. The molecule has 0 aliphatic rings. The Morgan fingerprint density at radius 1 is 1.26 bits per heavy atom. The van der Waals surface area contributed by atoms with E-state index in [1.54, 1.807) is 18.0 Å². The highest BCUT2D eigenvalue weighted by Crippen LogP contribution is 2.23. The van der Waals surface area contributed by atoms with E-state index in [0.29, 0.717) is 19.0 Å². The summed E-state index contributed by atoms with van der Waals surface area (Å²) in [5.74, 6) is 2.32. The Morgan fingerprint density at radius 2 is 2.00 bits per heavy atom. The van der Waals surface area contributed by atoms with Crippen LogP contribution in [0.3, 0.4) is 0 Å². The number of hydrogen-bond acceptors (Lipinski definition) is 4. The van der Waals surface area contributed by atoms with Gasteiger partial charge in [0, 0.05) is 16.9 Å². The topological polar surface area (TPSA) is 62.5 Å². The monoisotopic (exact) mass is 502 g/mol. The van der Waals surface area contributed by atoms with E-state index in [0.717, 1.165) is 18.3 Å². The zero-order valence-electron chi connectivity index (χ0n) is 17.0. The van der Waals surface area contributed by atoms with Crippen LogP contribution < -0.4 is 10.6 Å². The Balaban J connectivity index is 0.00000364. The van der Waals surface area contributed by atoms with Crippen LogP contribution in [0.15, 0.2) is 38.7 Å². The van der Waals surface area contributed by atoms with Crippen molar-refractivity contribution in [2.75, 3.05) is 12.8 Å². The lowest BCUT2D eigenvalue weighted by atomic mass is 9.94. The van der Waals surface area contributed by atoms with Crippen LogP contribution >= 0.6 is 35.7 Å². The van der Waals surface area contributed by atoms with E-state index in [1.165, 1.54) is 16.0 Å². The van der Waals surface area contributed by atoms with Crippen LogP contribution in [0.25, 0.3) is 0 Å². The number of benzene rings is 1. The number of aliphatic imine (C=N–C) groups is 1. The Labute approximate surface area is 184 Å². The molecule has 0 amide bonds. The number of hydrogen-bond donors (Lipinski definition) is 2. The molecule has 0 spiro atoms. The fourth-order valence-corrected chi connectivity index (χ4v) is 3.08. The van der Waals surface area contributed by atoms with E-state index < -0.39 is 0 Å². The number of guanidine groups is 1. The lowest BCUT2D eigenvalue weighted by Crippen LogP contribution is -2.36. The molecule has 1 heterocycles. The van der Waals surface area contributed by atoms with Crippen molar-refractivity contribution < 1.29 is 4.42 Å². The molecule has 27 heavy (non-hydrogen) atoms. The van der Waals surface area contributed by atoms with Crippen molar-refractivity contribution in [2.45, 2.75) is 58.0 Å². The van der Waals surface area contributed by atoms with Gasteiger partial charge in [-0.1, -0.05) is 32.9 Å². The van der Waals surface area contributed by atoms with Gasteiger partial charge in [0.2, 0.25) is 5.89 Å². The first kappa shape index (κ1) is 23.8. The third-order valence-corrected chi connectivity index (χ3v) is 4.71. The average molecular weight is 502 g/mol. The molecule has 0 aliphatic carbocycles. The Bertz CT molecular complexity index is 753. The molecule has 0 saturated carbocycles. The van der Waals surface area contributed by atoms with E-state index in [9.17, 15) is 0 Å².